The molecule has 2 aromatic rings. The smallest absolute Gasteiger partial charge is 0.140 e. The van der Waals surface area contributed by atoms with Gasteiger partial charge in [0.25, 0.3) is 0 Å². The van der Waals surface area contributed by atoms with Gasteiger partial charge in [-0.2, -0.15) is 5.26 Å². The molecule has 21 heavy (non-hydrogen) atoms. The van der Waals surface area contributed by atoms with Gasteiger partial charge in [0, 0.05) is 10.5 Å². The van der Waals surface area contributed by atoms with Crippen LogP contribution in [0.3, 0.4) is 0 Å². The summed E-state index contributed by atoms with van der Waals surface area (Å²) in [5.41, 5.74) is 0.472. The fraction of sp³-hybridized carbons (Fsp3) is 0.188. The number of nitriles is 1. The van der Waals surface area contributed by atoms with E-state index < -0.39 is 0 Å². The minimum Gasteiger partial charge on any atom is -0.497 e. The Morgan fingerprint density at radius 3 is 2.33 bits per heavy atom. The molecule has 0 atom stereocenters. The zero-order chi connectivity index (χ0) is 15.1. The van der Waals surface area contributed by atoms with Crippen LogP contribution in [0.4, 0.5) is 0 Å². The van der Waals surface area contributed by atoms with E-state index >= 15 is 0 Å². The molecule has 0 spiro atoms. The molecule has 0 aliphatic rings. The second-order valence-corrected chi connectivity index (χ2v) is 5.04. The SMILES string of the molecule is COc1ccc(C#N)c(OCCOc2ccc(Br)cc2)c1. The molecule has 0 amide bonds. The van der Waals surface area contributed by atoms with Crippen LogP contribution in [0.1, 0.15) is 5.56 Å². The second kappa shape index (κ2) is 7.55. The van der Waals surface area contributed by atoms with Gasteiger partial charge in [-0.15, -0.1) is 0 Å². The third kappa shape index (κ3) is 4.40. The molecule has 0 aromatic heterocycles. The van der Waals surface area contributed by atoms with Crippen molar-refractivity contribution < 1.29 is 14.2 Å². The van der Waals surface area contributed by atoms with Crippen molar-refractivity contribution in [2.45, 2.75) is 0 Å². The molecule has 0 aliphatic heterocycles. The van der Waals surface area contributed by atoms with E-state index in [4.69, 9.17) is 19.5 Å². The highest BCUT2D eigenvalue weighted by atomic mass is 79.9. The van der Waals surface area contributed by atoms with Gasteiger partial charge in [0.1, 0.15) is 36.5 Å². The molecule has 0 heterocycles. The molecule has 0 N–H and O–H groups in total. The molecule has 2 aromatic carbocycles. The largest absolute Gasteiger partial charge is 0.497 e. The highest BCUT2D eigenvalue weighted by Crippen LogP contribution is 2.24. The molecule has 4 nitrogen and oxygen atoms in total. The summed E-state index contributed by atoms with van der Waals surface area (Å²) in [6.45, 7) is 0.738. The Morgan fingerprint density at radius 2 is 1.67 bits per heavy atom. The lowest BCUT2D eigenvalue weighted by atomic mass is 10.2. The van der Waals surface area contributed by atoms with Crippen LogP contribution >= 0.6 is 15.9 Å². The quantitative estimate of drug-likeness (QED) is 0.746. The molecule has 0 fully saturated rings. The molecular formula is C16H14BrNO3. The van der Waals surface area contributed by atoms with Crippen molar-refractivity contribution in [1.82, 2.24) is 0 Å². The summed E-state index contributed by atoms with van der Waals surface area (Å²) >= 11 is 3.36. The Labute approximate surface area is 132 Å². The van der Waals surface area contributed by atoms with Crippen molar-refractivity contribution in [2.24, 2.45) is 0 Å². The van der Waals surface area contributed by atoms with Crippen LogP contribution in [0.2, 0.25) is 0 Å². The molecule has 108 valence electrons. The summed E-state index contributed by atoms with van der Waals surface area (Å²) in [5, 5.41) is 9.04. The lowest BCUT2D eigenvalue weighted by Gasteiger charge is -2.10. The first-order valence-corrected chi connectivity index (χ1v) is 7.11. The van der Waals surface area contributed by atoms with E-state index in [1.54, 1.807) is 25.3 Å². The van der Waals surface area contributed by atoms with Crippen molar-refractivity contribution in [1.29, 1.82) is 5.26 Å². The number of benzene rings is 2. The minimum atomic E-state index is 0.345. The Balaban J connectivity index is 1.88. The van der Waals surface area contributed by atoms with Crippen molar-refractivity contribution >= 4 is 15.9 Å². The van der Waals surface area contributed by atoms with Crippen LogP contribution in [0, 0.1) is 11.3 Å². The molecule has 5 heteroatoms. The van der Waals surface area contributed by atoms with Crippen molar-refractivity contribution in [3.63, 3.8) is 0 Å². The van der Waals surface area contributed by atoms with Crippen LogP contribution < -0.4 is 14.2 Å². The number of hydrogen-bond donors (Lipinski definition) is 0. The molecule has 0 unspecified atom stereocenters. The Hall–Kier alpha value is -2.19. The van der Waals surface area contributed by atoms with E-state index in [-0.39, 0.29) is 0 Å². The van der Waals surface area contributed by atoms with Gasteiger partial charge in [-0.1, -0.05) is 15.9 Å². The third-order valence-electron chi connectivity index (χ3n) is 2.73. The Bertz CT molecular complexity index is 635. The molecule has 0 aliphatic carbocycles. The maximum Gasteiger partial charge on any atom is 0.140 e. The standard InChI is InChI=1S/C16H14BrNO3/c1-19-15-5-2-12(11-18)16(10-15)21-9-8-20-14-6-3-13(17)4-7-14/h2-7,10H,8-9H2,1H3. The van der Waals surface area contributed by atoms with Gasteiger partial charge in [-0.25, -0.2) is 0 Å². The summed E-state index contributed by atoms with van der Waals surface area (Å²) in [6.07, 6.45) is 0. The fourth-order valence-electron chi connectivity index (χ4n) is 1.68. The molecule has 0 radical (unpaired) electrons. The lowest BCUT2D eigenvalue weighted by molar-refractivity contribution is 0.216. The molecular weight excluding hydrogens is 334 g/mol. The summed E-state index contributed by atoms with van der Waals surface area (Å²) in [7, 11) is 1.57. The highest BCUT2D eigenvalue weighted by Gasteiger charge is 2.05. The number of rotatable bonds is 6. The van der Waals surface area contributed by atoms with Crippen molar-refractivity contribution in [3.05, 3.63) is 52.5 Å². The van der Waals surface area contributed by atoms with E-state index in [0.29, 0.717) is 30.3 Å². The molecule has 0 bridgehead atoms. The van der Waals surface area contributed by atoms with E-state index in [9.17, 15) is 0 Å². The van der Waals surface area contributed by atoms with Gasteiger partial charge in [0.2, 0.25) is 0 Å². The van der Waals surface area contributed by atoms with Gasteiger partial charge < -0.3 is 14.2 Å². The number of ether oxygens (including phenoxy) is 3. The maximum absolute atomic E-state index is 9.04. The zero-order valence-corrected chi connectivity index (χ0v) is 13.1. The number of methoxy groups -OCH3 is 1. The average Bonchev–Trinajstić information content (AvgIpc) is 2.53. The van der Waals surface area contributed by atoms with Gasteiger partial charge in [-0.05, 0) is 36.4 Å². The number of hydrogen-bond acceptors (Lipinski definition) is 4. The predicted molar refractivity (Wildman–Crippen MR) is 82.8 cm³/mol. The number of halogens is 1. The first-order chi connectivity index (χ1) is 10.2. The van der Waals surface area contributed by atoms with Crippen molar-refractivity contribution in [2.75, 3.05) is 20.3 Å². The zero-order valence-electron chi connectivity index (χ0n) is 11.5. The average molecular weight is 348 g/mol. The monoisotopic (exact) mass is 347 g/mol. The van der Waals surface area contributed by atoms with Crippen molar-refractivity contribution in [3.8, 4) is 23.3 Å². The van der Waals surface area contributed by atoms with Gasteiger partial charge in [0.15, 0.2) is 0 Å². The number of nitrogens with zero attached hydrogens (tertiary/aromatic N) is 1. The fourth-order valence-corrected chi connectivity index (χ4v) is 1.95. The first-order valence-electron chi connectivity index (χ1n) is 6.32. The van der Waals surface area contributed by atoms with Gasteiger partial charge in [0.05, 0.1) is 12.7 Å². The summed E-state index contributed by atoms with van der Waals surface area (Å²) in [6, 6.07) is 14.7. The summed E-state index contributed by atoms with van der Waals surface area (Å²) in [4.78, 5) is 0. The van der Waals surface area contributed by atoms with Crippen LogP contribution in [0.5, 0.6) is 17.2 Å². The Morgan fingerprint density at radius 1 is 1.00 bits per heavy atom. The minimum absolute atomic E-state index is 0.345. The van der Waals surface area contributed by atoms with Gasteiger partial charge >= 0.3 is 0 Å². The maximum atomic E-state index is 9.04. The van der Waals surface area contributed by atoms with Crippen LogP contribution in [0.15, 0.2) is 46.9 Å². The normalized spacial score (nSPS) is 9.76. The summed E-state index contributed by atoms with van der Waals surface area (Å²) < 4.78 is 17.2. The molecule has 2 rings (SSSR count). The van der Waals surface area contributed by atoms with E-state index in [1.807, 2.05) is 24.3 Å². The second-order valence-electron chi connectivity index (χ2n) is 4.12. The van der Waals surface area contributed by atoms with Crippen LogP contribution in [-0.4, -0.2) is 20.3 Å². The first kappa shape index (κ1) is 15.2. The Kier molecular flexibility index (Phi) is 5.47. The van der Waals surface area contributed by atoms with E-state index in [0.717, 1.165) is 10.2 Å². The van der Waals surface area contributed by atoms with E-state index in [1.165, 1.54) is 0 Å². The summed E-state index contributed by atoms with van der Waals surface area (Å²) in [5.74, 6) is 1.92. The third-order valence-corrected chi connectivity index (χ3v) is 3.26. The molecule has 0 saturated carbocycles. The lowest BCUT2D eigenvalue weighted by Crippen LogP contribution is -2.09. The van der Waals surface area contributed by atoms with Crippen LogP contribution in [-0.2, 0) is 0 Å². The topological polar surface area (TPSA) is 51.5 Å². The highest BCUT2D eigenvalue weighted by molar-refractivity contribution is 9.10. The van der Waals surface area contributed by atoms with E-state index in [2.05, 4.69) is 22.0 Å². The predicted octanol–water partition coefficient (Wildman–Crippen LogP) is 3.79. The molecule has 0 saturated heterocycles. The van der Waals surface area contributed by atoms with Crippen LogP contribution in [0.25, 0.3) is 0 Å². The van der Waals surface area contributed by atoms with Gasteiger partial charge in [-0.3, -0.25) is 0 Å².